The van der Waals surface area contributed by atoms with E-state index in [0.717, 1.165) is 12.1 Å². The molecule has 42 heavy (non-hydrogen) atoms. The highest BCUT2D eigenvalue weighted by molar-refractivity contribution is 6.58. The molecule has 2 atom stereocenters. The number of aliphatic hydroxyl groups is 1. The Morgan fingerprint density at radius 2 is 1.60 bits per heavy atom. The maximum atomic E-state index is 13.1. The van der Waals surface area contributed by atoms with Crippen LogP contribution in [0.5, 0.6) is 0 Å². The molecule has 2 rings (SSSR count). The number of halogens is 3. The first-order chi connectivity index (χ1) is 19.7. The number of carbonyl (C=O) groups is 3. The summed E-state index contributed by atoms with van der Waals surface area (Å²) in [6.07, 6.45) is -4.69. The van der Waals surface area contributed by atoms with Crippen molar-refractivity contribution in [3.8, 4) is 0 Å². The summed E-state index contributed by atoms with van der Waals surface area (Å²) < 4.78 is 38.7. The number of benzene rings is 2. The average Bonchev–Trinajstić information content (AvgIpc) is 2.96. The Morgan fingerprint density at radius 1 is 0.952 bits per heavy atom. The number of hydrogen-bond donors (Lipinski definition) is 9. The van der Waals surface area contributed by atoms with Crippen LogP contribution in [0.15, 0.2) is 48.5 Å². The van der Waals surface area contributed by atoms with Gasteiger partial charge in [-0.3, -0.25) is 14.4 Å². The molecule has 12 nitrogen and oxygen atoms in total. The number of alkyl halides is 3. The summed E-state index contributed by atoms with van der Waals surface area (Å²) in [6.45, 7) is -0.542. The van der Waals surface area contributed by atoms with Crippen molar-refractivity contribution in [2.75, 3.05) is 25.0 Å². The van der Waals surface area contributed by atoms with Crippen LogP contribution in [0.2, 0.25) is 0 Å². The quantitative estimate of drug-likeness (QED) is 0.107. The third kappa shape index (κ3) is 11.0. The number of hydrogen-bond acceptors (Lipinski definition) is 9. The van der Waals surface area contributed by atoms with Gasteiger partial charge in [-0.15, -0.1) is 0 Å². The number of amides is 3. The molecule has 0 spiro atoms. The van der Waals surface area contributed by atoms with Gasteiger partial charge in [-0.1, -0.05) is 24.3 Å². The Labute approximate surface area is 241 Å². The van der Waals surface area contributed by atoms with Crippen molar-refractivity contribution < 1.29 is 42.7 Å². The van der Waals surface area contributed by atoms with Gasteiger partial charge in [-0.05, 0) is 54.6 Å². The van der Waals surface area contributed by atoms with Crippen LogP contribution in [-0.4, -0.2) is 77.3 Å². The van der Waals surface area contributed by atoms with Crippen molar-refractivity contribution >= 4 is 36.0 Å². The van der Waals surface area contributed by atoms with E-state index in [9.17, 15) is 42.7 Å². The molecule has 0 saturated carbocycles. The Balaban J connectivity index is 2.08. The molecule has 230 valence electrons. The molecule has 0 aliphatic heterocycles. The lowest BCUT2D eigenvalue weighted by atomic mass is 9.80. The summed E-state index contributed by atoms with van der Waals surface area (Å²) in [5.41, 5.74) is 15.3. The highest BCUT2D eigenvalue weighted by Gasteiger charge is 2.30. The van der Waals surface area contributed by atoms with Gasteiger partial charge in [0.25, 0.3) is 0 Å². The van der Waals surface area contributed by atoms with Gasteiger partial charge < -0.3 is 48.3 Å². The summed E-state index contributed by atoms with van der Waals surface area (Å²) in [4.78, 5) is 38.1. The van der Waals surface area contributed by atoms with Crippen LogP contribution in [0, 0.1) is 0 Å². The van der Waals surface area contributed by atoms with Crippen LogP contribution in [0.25, 0.3) is 0 Å². The average molecular weight is 596 g/mol. The van der Waals surface area contributed by atoms with E-state index in [-0.39, 0.29) is 56.5 Å². The molecule has 2 unspecified atom stereocenters. The summed E-state index contributed by atoms with van der Waals surface area (Å²) in [5, 5.41) is 36.4. The highest BCUT2D eigenvalue weighted by Crippen LogP contribution is 2.29. The molecule has 0 fully saturated rings. The molecule has 3 amide bonds. The minimum atomic E-state index is -4.51. The van der Waals surface area contributed by atoms with Crippen LogP contribution in [-0.2, 0) is 27.0 Å². The lowest BCUT2D eigenvalue weighted by Crippen LogP contribution is -2.53. The van der Waals surface area contributed by atoms with E-state index in [1.807, 2.05) is 0 Å². The fourth-order valence-corrected chi connectivity index (χ4v) is 3.72. The summed E-state index contributed by atoms with van der Waals surface area (Å²) in [5.74, 6) is -1.95. The molecule has 0 aliphatic rings. The second-order valence-electron chi connectivity index (χ2n) is 9.84. The van der Waals surface area contributed by atoms with Gasteiger partial charge in [0.1, 0.15) is 11.6 Å². The Kier molecular flexibility index (Phi) is 12.9. The molecule has 2 aromatic rings. The maximum Gasteiger partial charge on any atom is 0.488 e. The molecule has 2 aromatic carbocycles. The molecular formula is C26H36BF3N6O6. The number of carbonyl (C=O) groups excluding carboxylic acids is 3. The zero-order valence-electron chi connectivity index (χ0n) is 22.7. The van der Waals surface area contributed by atoms with Crippen LogP contribution in [0.4, 0.5) is 18.9 Å². The monoisotopic (exact) mass is 596 g/mol. The van der Waals surface area contributed by atoms with E-state index in [0.29, 0.717) is 5.56 Å². The molecule has 0 bridgehead atoms. The topological polar surface area (TPSA) is 226 Å². The predicted octanol–water partition coefficient (Wildman–Crippen LogP) is -1.69. The van der Waals surface area contributed by atoms with E-state index in [2.05, 4.69) is 16.0 Å². The molecule has 0 saturated heterocycles. The molecule has 0 aliphatic carbocycles. The van der Waals surface area contributed by atoms with E-state index < -0.39 is 54.3 Å². The largest absolute Gasteiger partial charge is 0.488 e. The Hall–Kier alpha value is -3.54. The van der Waals surface area contributed by atoms with E-state index in [1.54, 1.807) is 0 Å². The number of aryl methyl sites for hydroxylation is 1. The van der Waals surface area contributed by atoms with Crippen LogP contribution in [0.1, 0.15) is 30.4 Å². The third-order valence-electron chi connectivity index (χ3n) is 6.48. The second kappa shape index (κ2) is 15.6. The first kappa shape index (κ1) is 34.7. The van der Waals surface area contributed by atoms with Gasteiger partial charge >= 0.3 is 13.3 Å². The molecule has 0 radical (unpaired) electrons. The summed E-state index contributed by atoms with van der Waals surface area (Å²) in [7, 11) is -1.79. The zero-order valence-corrected chi connectivity index (χ0v) is 22.7. The SMILES string of the molecule is NCC(O)(CN)CNC(=O)CCC(N)C(=O)NC(CCc1ccc(C(F)(F)F)cc1)C(=O)Nc1cccc(B(O)O)c1. The molecule has 12 N–H and O–H groups in total. The Morgan fingerprint density at radius 3 is 2.17 bits per heavy atom. The number of anilines is 1. The fraction of sp³-hybridized carbons (Fsp3) is 0.423. The van der Waals surface area contributed by atoms with E-state index in [4.69, 9.17) is 17.2 Å². The van der Waals surface area contributed by atoms with Crippen molar-refractivity contribution in [2.24, 2.45) is 17.2 Å². The number of nitrogens with one attached hydrogen (secondary N) is 3. The fourth-order valence-electron chi connectivity index (χ4n) is 3.72. The van der Waals surface area contributed by atoms with Gasteiger partial charge in [-0.25, -0.2) is 0 Å². The van der Waals surface area contributed by atoms with E-state index >= 15 is 0 Å². The first-order valence-corrected chi connectivity index (χ1v) is 13.1. The van der Waals surface area contributed by atoms with Crippen molar-refractivity contribution in [2.45, 2.75) is 49.5 Å². The summed E-state index contributed by atoms with van der Waals surface area (Å²) in [6, 6.07) is 7.68. The summed E-state index contributed by atoms with van der Waals surface area (Å²) >= 11 is 0. The lowest BCUT2D eigenvalue weighted by Gasteiger charge is -2.25. The van der Waals surface area contributed by atoms with Crippen LogP contribution >= 0.6 is 0 Å². The van der Waals surface area contributed by atoms with Crippen molar-refractivity contribution in [3.63, 3.8) is 0 Å². The van der Waals surface area contributed by atoms with Crippen molar-refractivity contribution in [1.29, 1.82) is 0 Å². The van der Waals surface area contributed by atoms with Crippen LogP contribution in [0.3, 0.4) is 0 Å². The number of nitrogens with two attached hydrogens (primary N) is 3. The van der Waals surface area contributed by atoms with Crippen molar-refractivity contribution in [3.05, 3.63) is 59.7 Å². The predicted molar refractivity (Wildman–Crippen MR) is 150 cm³/mol. The normalized spacial score (nSPS) is 13.2. The van der Waals surface area contributed by atoms with Gasteiger partial charge in [0, 0.05) is 31.7 Å². The molecule has 16 heteroatoms. The molecule has 0 aromatic heterocycles. The standard InChI is InChI=1S/C26H36BF3N6O6/c28-26(29,30)17-7-4-16(5-8-17)6-10-21(24(39)35-19-3-1-2-18(12-19)27(41)42)36-23(38)20(33)9-11-22(37)34-15-25(40,13-31)14-32/h1-5,7-8,12,20-21,40-42H,6,9-11,13-15,31-33H2,(H,34,37)(H,35,39)(H,36,38). The third-order valence-corrected chi connectivity index (χ3v) is 6.48. The Bertz CT molecular complexity index is 1200. The van der Waals surface area contributed by atoms with Gasteiger partial charge in [0.05, 0.1) is 11.6 Å². The van der Waals surface area contributed by atoms with Gasteiger partial charge in [-0.2, -0.15) is 13.2 Å². The first-order valence-electron chi connectivity index (χ1n) is 13.1. The van der Waals surface area contributed by atoms with E-state index in [1.165, 1.54) is 36.4 Å². The number of rotatable bonds is 15. The maximum absolute atomic E-state index is 13.1. The minimum absolute atomic E-state index is 0.0186. The smallest absolute Gasteiger partial charge is 0.423 e. The second-order valence-corrected chi connectivity index (χ2v) is 9.84. The molecular weight excluding hydrogens is 560 g/mol. The lowest BCUT2D eigenvalue weighted by molar-refractivity contribution is -0.137. The zero-order chi connectivity index (χ0) is 31.5. The van der Waals surface area contributed by atoms with Crippen molar-refractivity contribution in [1.82, 2.24) is 10.6 Å². The van der Waals surface area contributed by atoms with Crippen LogP contribution < -0.4 is 38.6 Å². The molecule has 0 heterocycles. The minimum Gasteiger partial charge on any atom is -0.423 e. The van der Waals surface area contributed by atoms with Gasteiger partial charge in [0.2, 0.25) is 17.7 Å². The highest BCUT2D eigenvalue weighted by atomic mass is 19.4. The van der Waals surface area contributed by atoms with Gasteiger partial charge in [0.15, 0.2) is 0 Å².